The second kappa shape index (κ2) is 6.53. The third-order valence-corrected chi connectivity index (χ3v) is 5.79. The summed E-state index contributed by atoms with van der Waals surface area (Å²) in [5, 5.41) is 16.2. The third-order valence-electron chi connectivity index (χ3n) is 3.96. The number of urea groups is 1. The fourth-order valence-electron chi connectivity index (χ4n) is 2.65. The molecule has 23 heavy (non-hydrogen) atoms. The van der Waals surface area contributed by atoms with Crippen LogP contribution in [0.2, 0.25) is 0 Å². The summed E-state index contributed by atoms with van der Waals surface area (Å²) in [6.07, 6.45) is 0.539. The van der Waals surface area contributed by atoms with Gasteiger partial charge in [0.1, 0.15) is 0 Å². The number of aryl methyl sites for hydroxylation is 1. The molecule has 8 nitrogen and oxygen atoms in total. The minimum Gasteiger partial charge on any atom is -0.338 e. The Morgan fingerprint density at radius 2 is 2.09 bits per heavy atom. The number of nitro benzene ring substituents is 1. The Hall–Kier alpha value is -2.16. The number of rotatable bonds is 4. The van der Waals surface area contributed by atoms with Gasteiger partial charge in [0.05, 0.1) is 27.7 Å². The first kappa shape index (κ1) is 17.2. The van der Waals surface area contributed by atoms with Crippen LogP contribution in [0.1, 0.15) is 17.5 Å². The lowest BCUT2D eigenvalue weighted by molar-refractivity contribution is -0.385. The molecule has 1 aliphatic rings. The van der Waals surface area contributed by atoms with Crippen LogP contribution in [-0.2, 0) is 9.84 Å². The molecular weight excluding hydrogens is 322 g/mol. The maximum absolute atomic E-state index is 12.0. The zero-order chi connectivity index (χ0) is 17.2. The van der Waals surface area contributed by atoms with Gasteiger partial charge in [-0.25, -0.2) is 13.2 Å². The Labute approximate surface area is 134 Å². The van der Waals surface area contributed by atoms with Crippen molar-refractivity contribution in [1.82, 2.24) is 5.32 Å². The van der Waals surface area contributed by atoms with E-state index in [0.29, 0.717) is 23.2 Å². The van der Waals surface area contributed by atoms with Crippen LogP contribution in [0.5, 0.6) is 0 Å². The van der Waals surface area contributed by atoms with Gasteiger partial charge in [-0.15, -0.1) is 0 Å². The van der Waals surface area contributed by atoms with E-state index in [9.17, 15) is 23.3 Å². The van der Waals surface area contributed by atoms with Crippen molar-refractivity contribution < 1.29 is 18.1 Å². The minimum atomic E-state index is -2.98. The van der Waals surface area contributed by atoms with Gasteiger partial charge in [0.2, 0.25) is 0 Å². The normalized spacial score (nSPS) is 19.3. The number of benzene rings is 1. The summed E-state index contributed by atoms with van der Waals surface area (Å²) in [6, 6.07) is 2.47. The molecule has 2 amide bonds. The van der Waals surface area contributed by atoms with Gasteiger partial charge < -0.3 is 10.6 Å². The first-order valence-electron chi connectivity index (χ1n) is 7.19. The monoisotopic (exact) mass is 341 g/mol. The third kappa shape index (κ3) is 4.19. The Morgan fingerprint density at radius 3 is 2.65 bits per heavy atom. The number of sulfone groups is 1. The van der Waals surface area contributed by atoms with Crippen LogP contribution >= 0.6 is 0 Å². The number of hydrogen-bond donors (Lipinski definition) is 2. The molecule has 0 saturated carbocycles. The zero-order valence-corrected chi connectivity index (χ0v) is 13.8. The molecule has 2 N–H and O–H groups in total. The van der Waals surface area contributed by atoms with Gasteiger partial charge in [0, 0.05) is 12.6 Å². The van der Waals surface area contributed by atoms with Gasteiger partial charge in [0.25, 0.3) is 5.69 Å². The Balaban J connectivity index is 2.01. The highest BCUT2D eigenvalue weighted by atomic mass is 32.2. The molecule has 126 valence electrons. The lowest BCUT2D eigenvalue weighted by Gasteiger charge is -2.14. The lowest BCUT2D eigenvalue weighted by atomic mass is 10.1. The second-order valence-corrected chi connectivity index (χ2v) is 7.99. The first-order chi connectivity index (χ1) is 10.7. The highest BCUT2D eigenvalue weighted by Crippen LogP contribution is 2.28. The summed E-state index contributed by atoms with van der Waals surface area (Å²) < 4.78 is 22.8. The fourth-order valence-corrected chi connectivity index (χ4v) is 4.52. The molecule has 0 spiro atoms. The van der Waals surface area contributed by atoms with E-state index in [2.05, 4.69) is 10.6 Å². The van der Waals surface area contributed by atoms with Crippen LogP contribution in [0.15, 0.2) is 12.1 Å². The van der Waals surface area contributed by atoms with E-state index in [-0.39, 0.29) is 29.7 Å². The number of hydrogen-bond acceptors (Lipinski definition) is 5. The molecule has 0 aliphatic carbocycles. The summed E-state index contributed by atoms with van der Waals surface area (Å²) in [7, 11) is -2.98. The Morgan fingerprint density at radius 1 is 1.39 bits per heavy atom. The van der Waals surface area contributed by atoms with Gasteiger partial charge in [-0.2, -0.15) is 0 Å². The maximum atomic E-state index is 12.0. The van der Waals surface area contributed by atoms with Gasteiger partial charge >= 0.3 is 6.03 Å². The van der Waals surface area contributed by atoms with Crippen molar-refractivity contribution in [3.8, 4) is 0 Å². The molecule has 0 unspecified atom stereocenters. The number of anilines is 1. The number of nitrogens with zero attached hydrogens (tertiary/aromatic N) is 1. The molecule has 1 saturated heterocycles. The van der Waals surface area contributed by atoms with E-state index in [0.717, 1.165) is 0 Å². The van der Waals surface area contributed by atoms with Crippen molar-refractivity contribution in [3.63, 3.8) is 0 Å². The minimum absolute atomic E-state index is 0.0622. The van der Waals surface area contributed by atoms with Gasteiger partial charge in [-0.3, -0.25) is 10.1 Å². The Bertz CT molecular complexity index is 745. The summed E-state index contributed by atoms with van der Waals surface area (Å²) >= 11 is 0. The van der Waals surface area contributed by atoms with E-state index < -0.39 is 20.8 Å². The molecular formula is C14H19N3O5S. The van der Waals surface area contributed by atoms with Crippen molar-refractivity contribution in [3.05, 3.63) is 33.4 Å². The van der Waals surface area contributed by atoms with Gasteiger partial charge in [-0.05, 0) is 31.7 Å². The lowest BCUT2D eigenvalue weighted by Crippen LogP contribution is -2.33. The smallest absolute Gasteiger partial charge is 0.319 e. The van der Waals surface area contributed by atoms with Crippen molar-refractivity contribution in [2.75, 3.05) is 23.4 Å². The van der Waals surface area contributed by atoms with E-state index in [1.807, 2.05) is 0 Å². The van der Waals surface area contributed by atoms with Gasteiger partial charge in [0.15, 0.2) is 9.84 Å². The van der Waals surface area contributed by atoms with Crippen LogP contribution in [0.3, 0.4) is 0 Å². The Kier molecular flexibility index (Phi) is 4.88. The topological polar surface area (TPSA) is 118 Å². The standard InChI is InChI=1S/C14H19N3O5S/c1-9-3-4-12(17(19)20)10(2)13(9)16-14(18)15-7-11-5-6-23(21,22)8-11/h3-4,11H,5-8H2,1-2H3,(H2,15,16,18)/t11-/m1/s1. The molecule has 1 heterocycles. The molecule has 1 atom stereocenters. The van der Waals surface area contributed by atoms with Crippen LogP contribution in [0.4, 0.5) is 16.2 Å². The van der Waals surface area contributed by atoms with Crippen LogP contribution in [0, 0.1) is 29.9 Å². The zero-order valence-electron chi connectivity index (χ0n) is 13.0. The molecule has 0 aromatic heterocycles. The van der Waals surface area contributed by atoms with E-state index in [1.54, 1.807) is 19.9 Å². The number of carbonyl (C=O) groups excluding carboxylic acids is 1. The quantitative estimate of drug-likeness (QED) is 0.639. The summed E-state index contributed by atoms with van der Waals surface area (Å²) in [6.45, 7) is 3.58. The predicted octanol–water partition coefficient (Wildman–Crippen LogP) is 1.77. The predicted molar refractivity (Wildman–Crippen MR) is 86.4 cm³/mol. The van der Waals surface area contributed by atoms with Crippen molar-refractivity contribution in [2.45, 2.75) is 20.3 Å². The molecule has 1 aromatic rings. The van der Waals surface area contributed by atoms with Crippen molar-refractivity contribution in [2.24, 2.45) is 5.92 Å². The summed E-state index contributed by atoms with van der Waals surface area (Å²) in [4.78, 5) is 22.4. The number of carbonyl (C=O) groups is 1. The molecule has 1 aliphatic heterocycles. The van der Waals surface area contributed by atoms with E-state index in [1.165, 1.54) is 6.07 Å². The number of amides is 2. The molecule has 0 radical (unpaired) electrons. The van der Waals surface area contributed by atoms with Gasteiger partial charge in [-0.1, -0.05) is 6.07 Å². The number of nitrogens with one attached hydrogen (secondary N) is 2. The largest absolute Gasteiger partial charge is 0.338 e. The number of nitro groups is 1. The second-order valence-electron chi connectivity index (χ2n) is 5.76. The summed E-state index contributed by atoms with van der Waals surface area (Å²) in [5.74, 6) is 0.157. The average Bonchev–Trinajstić information content (AvgIpc) is 2.80. The SMILES string of the molecule is Cc1ccc([N+](=O)[O-])c(C)c1NC(=O)NC[C@H]1CCS(=O)(=O)C1. The highest BCUT2D eigenvalue weighted by molar-refractivity contribution is 7.91. The first-order valence-corrected chi connectivity index (χ1v) is 9.01. The maximum Gasteiger partial charge on any atom is 0.319 e. The van der Waals surface area contributed by atoms with Crippen molar-refractivity contribution >= 4 is 27.2 Å². The van der Waals surface area contributed by atoms with E-state index >= 15 is 0 Å². The fraction of sp³-hybridized carbons (Fsp3) is 0.500. The van der Waals surface area contributed by atoms with Crippen LogP contribution in [0.25, 0.3) is 0 Å². The van der Waals surface area contributed by atoms with Crippen LogP contribution in [-0.4, -0.2) is 37.4 Å². The molecule has 1 fully saturated rings. The molecule has 1 aromatic carbocycles. The van der Waals surface area contributed by atoms with Crippen LogP contribution < -0.4 is 10.6 Å². The highest BCUT2D eigenvalue weighted by Gasteiger charge is 2.28. The molecule has 0 bridgehead atoms. The molecule has 9 heteroatoms. The average molecular weight is 341 g/mol. The summed E-state index contributed by atoms with van der Waals surface area (Å²) in [5.41, 5.74) is 1.43. The molecule has 2 rings (SSSR count). The van der Waals surface area contributed by atoms with Crippen molar-refractivity contribution in [1.29, 1.82) is 0 Å². The van der Waals surface area contributed by atoms with E-state index in [4.69, 9.17) is 0 Å².